The number of hydrogen-bond acceptors (Lipinski definition) is 3. The largest absolute Gasteiger partial charge is 0.208 e. The summed E-state index contributed by atoms with van der Waals surface area (Å²) in [6.45, 7) is 0. The van der Waals surface area contributed by atoms with Crippen LogP contribution >= 0.6 is 0 Å². The smallest absolute Gasteiger partial charge is 0.164 e. The minimum atomic E-state index is -0.607. The van der Waals surface area contributed by atoms with Gasteiger partial charge in [0.15, 0.2) is 17.5 Å². The van der Waals surface area contributed by atoms with E-state index in [4.69, 9.17) is 15.0 Å². The topological polar surface area (TPSA) is 38.7 Å². The Morgan fingerprint density at radius 2 is 0.557 bits per heavy atom. The lowest BCUT2D eigenvalue weighted by Crippen LogP contribution is -2.29. The van der Waals surface area contributed by atoms with Crippen LogP contribution in [0, 0.1) is 0 Å². The van der Waals surface area contributed by atoms with E-state index in [1.54, 1.807) is 0 Å². The van der Waals surface area contributed by atoms with E-state index in [1.807, 2.05) is 12.1 Å². The molecule has 61 heavy (non-hydrogen) atoms. The van der Waals surface area contributed by atoms with E-state index in [2.05, 4.69) is 212 Å². The molecule has 2 aliphatic carbocycles. The number of benzene rings is 9. The third-order valence-corrected chi connectivity index (χ3v) is 12.6. The zero-order valence-electron chi connectivity index (χ0n) is 33.2. The molecule has 2 aliphatic rings. The second kappa shape index (κ2) is 14.1. The minimum Gasteiger partial charge on any atom is -0.208 e. The zero-order valence-corrected chi connectivity index (χ0v) is 33.2. The van der Waals surface area contributed by atoms with Crippen LogP contribution in [-0.2, 0) is 5.41 Å². The molecule has 284 valence electrons. The van der Waals surface area contributed by atoms with Gasteiger partial charge in [0.1, 0.15) is 0 Å². The summed E-state index contributed by atoms with van der Waals surface area (Å²) in [5, 5.41) is 0. The molecule has 12 rings (SSSR count). The summed E-state index contributed by atoms with van der Waals surface area (Å²) in [4.78, 5) is 15.9. The summed E-state index contributed by atoms with van der Waals surface area (Å²) in [5.74, 6) is 1.88. The van der Waals surface area contributed by atoms with Crippen LogP contribution in [0.3, 0.4) is 0 Å². The molecule has 3 heteroatoms. The summed E-state index contributed by atoms with van der Waals surface area (Å²) in [7, 11) is 0. The van der Waals surface area contributed by atoms with Gasteiger partial charge >= 0.3 is 0 Å². The molecule has 10 aromatic rings. The van der Waals surface area contributed by atoms with E-state index in [9.17, 15) is 0 Å². The average molecular weight is 776 g/mol. The van der Waals surface area contributed by atoms with Crippen molar-refractivity contribution in [1.29, 1.82) is 0 Å². The fraction of sp³-hybridized carbons (Fsp3) is 0.0172. The van der Waals surface area contributed by atoms with Gasteiger partial charge in [-0.2, -0.15) is 0 Å². The summed E-state index contributed by atoms with van der Waals surface area (Å²) in [6, 6.07) is 80.6. The van der Waals surface area contributed by atoms with Crippen molar-refractivity contribution in [2.45, 2.75) is 5.41 Å². The first kappa shape index (κ1) is 35.0. The molecule has 0 unspecified atom stereocenters. The van der Waals surface area contributed by atoms with Crippen molar-refractivity contribution in [1.82, 2.24) is 15.0 Å². The molecule has 9 aromatic carbocycles. The maximum atomic E-state index is 5.34. The van der Waals surface area contributed by atoms with Crippen molar-refractivity contribution in [2.24, 2.45) is 0 Å². The van der Waals surface area contributed by atoms with Crippen LogP contribution in [0.15, 0.2) is 224 Å². The van der Waals surface area contributed by atoms with Crippen LogP contribution in [0.5, 0.6) is 0 Å². The Labute approximate surface area is 355 Å². The van der Waals surface area contributed by atoms with Crippen molar-refractivity contribution >= 4 is 0 Å². The van der Waals surface area contributed by atoms with Crippen molar-refractivity contribution < 1.29 is 0 Å². The highest BCUT2D eigenvalue weighted by atomic mass is 15.0. The van der Waals surface area contributed by atoms with Gasteiger partial charge < -0.3 is 0 Å². The highest BCUT2D eigenvalue weighted by Gasteiger charge is 2.49. The van der Waals surface area contributed by atoms with Crippen LogP contribution in [0.4, 0.5) is 0 Å². The Bertz CT molecular complexity index is 3250. The van der Waals surface area contributed by atoms with E-state index in [0.717, 1.165) is 33.4 Å². The molecule has 0 aliphatic heterocycles. The van der Waals surface area contributed by atoms with Crippen LogP contribution in [-0.4, -0.2) is 15.0 Å². The Hall–Kier alpha value is -8.01. The third-order valence-electron chi connectivity index (χ3n) is 12.6. The van der Waals surface area contributed by atoms with Crippen molar-refractivity contribution in [3.63, 3.8) is 0 Å². The lowest BCUT2D eigenvalue weighted by atomic mass is 9.65. The predicted molar refractivity (Wildman–Crippen MR) is 249 cm³/mol. The zero-order chi connectivity index (χ0) is 40.3. The minimum absolute atomic E-state index is 0.607. The molecule has 1 aromatic heterocycles. The lowest BCUT2D eigenvalue weighted by molar-refractivity contribution is 0.775. The number of nitrogens with zero attached hydrogens (tertiary/aromatic N) is 3. The molecule has 3 nitrogen and oxygen atoms in total. The Kier molecular flexibility index (Phi) is 8.07. The van der Waals surface area contributed by atoms with Gasteiger partial charge in [-0.05, 0) is 90.0 Å². The average Bonchev–Trinajstić information content (AvgIpc) is 3.59. The Balaban J connectivity index is 1.12. The van der Waals surface area contributed by atoms with E-state index in [1.165, 1.54) is 61.2 Å². The molecule has 1 heterocycles. The summed E-state index contributed by atoms with van der Waals surface area (Å²) >= 11 is 0. The van der Waals surface area contributed by atoms with Gasteiger partial charge in [-0.1, -0.05) is 212 Å². The fourth-order valence-corrected chi connectivity index (χ4v) is 9.86. The van der Waals surface area contributed by atoms with Crippen LogP contribution < -0.4 is 0 Å². The molecule has 0 atom stereocenters. The molecule has 0 bridgehead atoms. The molecule has 0 N–H and O–H groups in total. The van der Waals surface area contributed by atoms with Crippen molar-refractivity contribution in [3.8, 4) is 89.8 Å². The maximum absolute atomic E-state index is 5.34. The maximum Gasteiger partial charge on any atom is 0.164 e. The Morgan fingerprint density at radius 3 is 1.11 bits per heavy atom. The van der Waals surface area contributed by atoms with Gasteiger partial charge in [-0.25, -0.2) is 15.0 Å². The molecule has 1 spiro atoms. The highest BCUT2D eigenvalue weighted by molar-refractivity contribution is 5.97. The molecule has 0 amide bonds. The second-order valence-corrected chi connectivity index (χ2v) is 15.9. The highest BCUT2D eigenvalue weighted by Crippen LogP contribution is 2.61. The van der Waals surface area contributed by atoms with Crippen LogP contribution in [0.2, 0.25) is 0 Å². The number of rotatable bonds is 5. The molecule has 0 saturated heterocycles. The second-order valence-electron chi connectivity index (χ2n) is 15.9. The molecule has 0 fully saturated rings. The normalized spacial score (nSPS) is 12.7. The number of aromatic nitrogens is 3. The van der Waals surface area contributed by atoms with Crippen molar-refractivity contribution in [2.75, 3.05) is 0 Å². The predicted octanol–water partition coefficient (Wildman–Crippen LogP) is 14.2. The van der Waals surface area contributed by atoms with E-state index in [0.29, 0.717) is 17.5 Å². The van der Waals surface area contributed by atoms with Gasteiger partial charge in [0, 0.05) is 16.7 Å². The summed E-state index contributed by atoms with van der Waals surface area (Å²) in [6.07, 6.45) is 0. The van der Waals surface area contributed by atoms with Crippen molar-refractivity contribution in [3.05, 3.63) is 247 Å². The standard InChI is InChI=1S/C58H37N3/c1-3-16-38(17-4-1)40-30-32-41(33-31-40)55-59-56(43-21-15-20-42(36-43)39-18-5-2-6-19-39)61-57(60-55)44-34-35-50-46-23-8-7-22-45(46)47-24-9-12-27-51(47)58(54(50)37-44)52-28-13-10-25-48(52)49-26-11-14-29-53(49)58/h1-37H. The third kappa shape index (κ3) is 5.55. The van der Waals surface area contributed by atoms with Gasteiger partial charge in [0.05, 0.1) is 5.41 Å². The molecular formula is C58H37N3. The number of hydrogen-bond donors (Lipinski definition) is 0. The van der Waals surface area contributed by atoms with Gasteiger partial charge in [0.2, 0.25) is 0 Å². The first-order valence-corrected chi connectivity index (χ1v) is 20.9. The lowest BCUT2D eigenvalue weighted by Gasteiger charge is -2.35. The Morgan fingerprint density at radius 1 is 0.213 bits per heavy atom. The van der Waals surface area contributed by atoms with Crippen LogP contribution in [0.1, 0.15) is 22.3 Å². The quantitative estimate of drug-likeness (QED) is 0.175. The van der Waals surface area contributed by atoms with Gasteiger partial charge in [0.25, 0.3) is 0 Å². The number of fused-ring (bicyclic) bond motifs is 12. The van der Waals surface area contributed by atoms with Gasteiger partial charge in [-0.15, -0.1) is 0 Å². The van der Waals surface area contributed by atoms with E-state index in [-0.39, 0.29) is 0 Å². The SMILES string of the molecule is c1ccc(-c2ccc(-c3nc(-c4cccc(-c5ccccc5)c4)nc(-c4ccc5c(c4)C4(c6ccccc6-c6ccccc6-5)c5ccccc5-c5ccccc54)n3)cc2)cc1. The first-order valence-electron chi connectivity index (χ1n) is 20.9. The van der Waals surface area contributed by atoms with Crippen LogP contribution in [0.25, 0.3) is 89.8 Å². The molecule has 0 saturated carbocycles. The fourth-order valence-electron chi connectivity index (χ4n) is 9.86. The molecular weight excluding hydrogens is 739 g/mol. The monoisotopic (exact) mass is 775 g/mol. The first-order chi connectivity index (χ1) is 30.2. The van der Waals surface area contributed by atoms with E-state index < -0.39 is 5.41 Å². The van der Waals surface area contributed by atoms with E-state index >= 15 is 0 Å². The summed E-state index contributed by atoms with van der Waals surface area (Å²) < 4.78 is 0. The summed E-state index contributed by atoms with van der Waals surface area (Å²) in [5.41, 5.74) is 19.2. The van der Waals surface area contributed by atoms with Gasteiger partial charge in [-0.3, -0.25) is 0 Å². The molecule has 0 radical (unpaired) electrons.